The molecular formula is C17H22N2O4. The van der Waals surface area contributed by atoms with Crippen LogP contribution in [0.25, 0.3) is 0 Å². The molecule has 3 heterocycles. The minimum absolute atomic E-state index is 0.122. The highest BCUT2D eigenvalue weighted by molar-refractivity contribution is 6.06. The predicted octanol–water partition coefficient (Wildman–Crippen LogP) is 1.30. The van der Waals surface area contributed by atoms with E-state index in [2.05, 4.69) is 18.7 Å². The monoisotopic (exact) mass is 318 g/mol. The summed E-state index contributed by atoms with van der Waals surface area (Å²) in [6.45, 7) is 7.16. The summed E-state index contributed by atoms with van der Waals surface area (Å²) in [6, 6.07) is 7.74. The number of fused-ring (bicyclic) bond motifs is 2. The van der Waals surface area contributed by atoms with Crippen LogP contribution in [-0.2, 0) is 24.8 Å². The Kier molecular flexibility index (Phi) is 3.65. The molecule has 0 aromatic heterocycles. The minimum Gasteiger partial charge on any atom is -0.373 e. The van der Waals surface area contributed by atoms with Crippen LogP contribution in [0.15, 0.2) is 24.3 Å². The Morgan fingerprint density at radius 3 is 2.48 bits per heavy atom. The smallest absolute Gasteiger partial charge is 0.293 e. The van der Waals surface area contributed by atoms with E-state index in [9.17, 15) is 4.79 Å². The van der Waals surface area contributed by atoms with E-state index < -0.39 is 5.79 Å². The molecule has 2 atom stereocenters. The first kappa shape index (κ1) is 15.1. The Bertz CT molecular complexity index is 604. The van der Waals surface area contributed by atoms with Gasteiger partial charge in [-0.2, -0.15) is 0 Å². The molecule has 0 saturated carbocycles. The van der Waals surface area contributed by atoms with Crippen LogP contribution in [0.1, 0.15) is 19.4 Å². The lowest BCUT2D eigenvalue weighted by Crippen LogP contribution is -2.52. The first-order valence-corrected chi connectivity index (χ1v) is 8.17. The van der Waals surface area contributed by atoms with Gasteiger partial charge in [-0.1, -0.05) is 18.2 Å². The van der Waals surface area contributed by atoms with E-state index in [0.717, 1.165) is 24.3 Å². The summed E-state index contributed by atoms with van der Waals surface area (Å²) in [7, 11) is 0. The summed E-state index contributed by atoms with van der Waals surface area (Å²) in [6.07, 6.45) is 0.333. The molecule has 124 valence electrons. The van der Waals surface area contributed by atoms with Crippen LogP contribution in [0, 0.1) is 0 Å². The van der Waals surface area contributed by atoms with Gasteiger partial charge in [-0.15, -0.1) is 0 Å². The van der Waals surface area contributed by atoms with Gasteiger partial charge in [-0.3, -0.25) is 14.6 Å². The summed E-state index contributed by atoms with van der Waals surface area (Å²) >= 11 is 0. The van der Waals surface area contributed by atoms with Crippen molar-refractivity contribution in [3.63, 3.8) is 0 Å². The molecule has 0 radical (unpaired) electrons. The zero-order valence-corrected chi connectivity index (χ0v) is 13.5. The summed E-state index contributed by atoms with van der Waals surface area (Å²) in [5.41, 5.74) is 1.70. The molecule has 6 nitrogen and oxygen atoms in total. The molecule has 6 heteroatoms. The lowest BCUT2D eigenvalue weighted by atomic mass is 10.1. The zero-order valence-electron chi connectivity index (χ0n) is 13.5. The third-order valence-electron chi connectivity index (χ3n) is 4.61. The number of morpholine rings is 1. The topological polar surface area (TPSA) is 51.2 Å². The van der Waals surface area contributed by atoms with Crippen molar-refractivity contribution >= 4 is 11.6 Å². The first-order valence-electron chi connectivity index (χ1n) is 8.17. The first-order chi connectivity index (χ1) is 11.1. The number of ether oxygens (including phenoxy) is 3. The number of hydrogen-bond acceptors (Lipinski definition) is 5. The molecule has 1 aromatic rings. The Hall–Kier alpha value is -1.47. The van der Waals surface area contributed by atoms with Gasteiger partial charge in [0, 0.05) is 18.7 Å². The standard InChI is InChI=1S/C17H22N2O4/c1-12-9-18(10-13(2)23-12)11-19-15-6-4-3-5-14(15)17(16(19)20)21-7-8-22-17/h3-6,12-13H,7-11H2,1-2H3/t12-,13-/m0/s1. The van der Waals surface area contributed by atoms with Crippen molar-refractivity contribution in [1.82, 2.24) is 4.90 Å². The Labute approximate surface area is 135 Å². The lowest BCUT2D eigenvalue weighted by Gasteiger charge is -2.37. The third-order valence-corrected chi connectivity index (χ3v) is 4.61. The zero-order chi connectivity index (χ0) is 16.0. The number of rotatable bonds is 2. The van der Waals surface area contributed by atoms with E-state index in [1.54, 1.807) is 4.90 Å². The summed E-state index contributed by atoms with van der Waals surface area (Å²) in [4.78, 5) is 17.1. The maximum absolute atomic E-state index is 13.0. The molecule has 0 N–H and O–H groups in total. The molecule has 1 amide bonds. The van der Waals surface area contributed by atoms with Crippen LogP contribution >= 0.6 is 0 Å². The molecule has 0 unspecified atom stereocenters. The summed E-state index contributed by atoms with van der Waals surface area (Å²) < 4.78 is 17.3. The maximum atomic E-state index is 13.0. The number of hydrogen-bond donors (Lipinski definition) is 0. The second-order valence-corrected chi connectivity index (χ2v) is 6.50. The van der Waals surface area contributed by atoms with Crippen molar-refractivity contribution < 1.29 is 19.0 Å². The van der Waals surface area contributed by atoms with E-state index >= 15 is 0 Å². The van der Waals surface area contributed by atoms with Gasteiger partial charge in [0.15, 0.2) is 0 Å². The van der Waals surface area contributed by atoms with Crippen LogP contribution in [0.4, 0.5) is 5.69 Å². The summed E-state index contributed by atoms with van der Waals surface area (Å²) in [5.74, 6) is -1.36. The van der Waals surface area contributed by atoms with Gasteiger partial charge in [0.05, 0.1) is 37.8 Å². The molecule has 23 heavy (non-hydrogen) atoms. The van der Waals surface area contributed by atoms with Gasteiger partial charge in [-0.25, -0.2) is 0 Å². The fraction of sp³-hybridized carbons (Fsp3) is 0.588. The average molecular weight is 318 g/mol. The Morgan fingerprint density at radius 2 is 1.78 bits per heavy atom. The fourth-order valence-corrected chi connectivity index (χ4v) is 3.82. The second kappa shape index (κ2) is 5.56. The number of amides is 1. The minimum atomic E-state index is -1.24. The highest BCUT2D eigenvalue weighted by Crippen LogP contribution is 2.45. The van der Waals surface area contributed by atoms with Crippen molar-refractivity contribution in [2.24, 2.45) is 0 Å². The SMILES string of the molecule is C[C@H]1CN(CN2C(=O)C3(OCCO3)c3ccccc32)C[C@H](C)O1. The highest BCUT2D eigenvalue weighted by Gasteiger charge is 2.56. The fourth-order valence-electron chi connectivity index (χ4n) is 3.82. The van der Waals surface area contributed by atoms with Gasteiger partial charge in [-0.05, 0) is 19.9 Å². The summed E-state index contributed by atoms with van der Waals surface area (Å²) in [5, 5.41) is 0. The van der Waals surface area contributed by atoms with Gasteiger partial charge >= 0.3 is 0 Å². The molecular weight excluding hydrogens is 296 g/mol. The normalized spacial score (nSPS) is 30.2. The molecule has 1 aromatic carbocycles. The molecule has 3 aliphatic rings. The Balaban J connectivity index is 1.63. The van der Waals surface area contributed by atoms with E-state index in [1.807, 2.05) is 24.3 Å². The highest BCUT2D eigenvalue weighted by atomic mass is 16.7. The number of anilines is 1. The second-order valence-electron chi connectivity index (χ2n) is 6.50. The molecule has 0 aliphatic carbocycles. The van der Waals surface area contributed by atoms with E-state index in [4.69, 9.17) is 14.2 Å². The molecule has 4 rings (SSSR count). The van der Waals surface area contributed by atoms with Gasteiger partial charge in [0.1, 0.15) is 0 Å². The lowest BCUT2D eigenvalue weighted by molar-refractivity contribution is -0.181. The molecule has 2 fully saturated rings. The number of nitrogens with zero attached hydrogens (tertiary/aromatic N) is 2. The van der Waals surface area contributed by atoms with Crippen LogP contribution in [0.5, 0.6) is 0 Å². The predicted molar refractivity (Wildman–Crippen MR) is 84.0 cm³/mol. The van der Waals surface area contributed by atoms with Crippen molar-refractivity contribution in [2.75, 3.05) is 37.9 Å². The van der Waals surface area contributed by atoms with Gasteiger partial charge in [0.2, 0.25) is 0 Å². The number of carbonyl (C=O) groups is 1. The molecule has 3 aliphatic heterocycles. The number of carbonyl (C=O) groups excluding carboxylic acids is 1. The van der Waals surface area contributed by atoms with Crippen LogP contribution in [0.3, 0.4) is 0 Å². The molecule has 2 saturated heterocycles. The van der Waals surface area contributed by atoms with Crippen molar-refractivity contribution in [3.05, 3.63) is 29.8 Å². The van der Waals surface area contributed by atoms with E-state index in [-0.39, 0.29) is 18.1 Å². The quantitative estimate of drug-likeness (QED) is 0.823. The van der Waals surface area contributed by atoms with Crippen molar-refractivity contribution in [1.29, 1.82) is 0 Å². The van der Waals surface area contributed by atoms with Gasteiger partial charge < -0.3 is 14.2 Å². The van der Waals surface area contributed by atoms with Gasteiger partial charge in [0.25, 0.3) is 11.7 Å². The van der Waals surface area contributed by atoms with E-state index in [0.29, 0.717) is 19.9 Å². The van der Waals surface area contributed by atoms with Crippen LogP contribution in [-0.4, -0.2) is 56.0 Å². The largest absolute Gasteiger partial charge is 0.373 e. The van der Waals surface area contributed by atoms with E-state index in [1.165, 1.54) is 0 Å². The number of para-hydroxylation sites is 1. The molecule has 0 bridgehead atoms. The van der Waals surface area contributed by atoms with Crippen LogP contribution < -0.4 is 4.90 Å². The maximum Gasteiger partial charge on any atom is 0.293 e. The Morgan fingerprint density at radius 1 is 1.13 bits per heavy atom. The van der Waals surface area contributed by atoms with Crippen molar-refractivity contribution in [2.45, 2.75) is 31.8 Å². The number of benzene rings is 1. The van der Waals surface area contributed by atoms with Crippen molar-refractivity contribution in [3.8, 4) is 0 Å². The third kappa shape index (κ3) is 2.37. The molecule has 1 spiro atoms. The average Bonchev–Trinajstić information content (AvgIpc) is 3.09. The van der Waals surface area contributed by atoms with Crippen LogP contribution in [0.2, 0.25) is 0 Å².